The SMILES string of the molecule is CCOC(=O)[C@H](Cc1ccc(OCC=Cc2cc(-c3ccc(C(C)(C)C)cc3)cc(-c3ccccc3)c2C(C)(C)C)cc1)OCC. The van der Waals surface area contributed by atoms with Gasteiger partial charge >= 0.3 is 5.97 Å². The van der Waals surface area contributed by atoms with E-state index in [9.17, 15) is 4.79 Å². The van der Waals surface area contributed by atoms with Crippen molar-refractivity contribution in [3.63, 3.8) is 0 Å². The van der Waals surface area contributed by atoms with E-state index in [1.165, 1.54) is 38.9 Å². The number of hydrogen-bond acceptors (Lipinski definition) is 4. The van der Waals surface area contributed by atoms with E-state index in [4.69, 9.17) is 14.2 Å². The second-order valence-electron chi connectivity index (χ2n) is 13.7. The lowest BCUT2D eigenvalue weighted by atomic mass is 9.77. The van der Waals surface area contributed by atoms with Crippen LogP contribution in [0.4, 0.5) is 0 Å². The van der Waals surface area contributed by atoms with Crippen molar-refractivity contribution in [2.45, 2.75) is 78.7 Å². The molecule has 0 fully saturated rings. The molecule has 0 bridgehead atoms. The zero-order chi connectivity index (χ0) is 33.3. The van der Waals surface area contributed by atoms with Crippen molar-refractivity contribution in [1.29, 1.82) is 0 Å². The Morgan fingerprint density at radius 2 is 1.41 bits per heavy atom. The zero-order valence-electron chi connectivity index (χ0n) is 28.9. The van der Waals surface area contributed by atoms with E-state index in [-0.39, 0.29) is 16.8 Å². The standard InChI is InChI=1S/C42H50O4/c1-9-44-38(40(43)45-10-2)27-30-18-24-36(25-19-30)46-26-14-17-33-28-34(31-20-22-35(23-21-31)41(3,4)5)29-37(39(33)42(6,7)8)32-15-12-11-13-16-32/h11-25,28-29,38H,9-10,26-27H2,1-8H3/t38-/m0/s1. The molecular formula is C42H50O4. The van der Waals surface area contributed by atoms with Crippen LogP contribution in [-0.4, -0.2) is 31.9 Å². The first-order valence-electron chi connectivity index (χ1n) is 16.4. The van der Waals surface area contributed by atoms with Gasteiger partial charge in [0.2, 0.25) is 0 Å². The summed E-state index contributed by atoms with van der Waals surface area (Å²) < 4.78 is 16.9. The molecule has 0 aliphatic carbocycles. The Hall–Kier alpha value is -4.15. The molecule has 0 saturated carbocycles. The number of rotatable bonds is 12. The predicted octanol–water partition coefficient (Wildman–Crippen LogP) is 10.2. The molecule has 4 nitrogen and oxygen atoms in total. The highest BCUT2D eigenvalue weighted by Crippen LogP contribution is 2.40. The van der Waals surface area contributed by atoms with Crippen molar-refractivity contribution < 1.29 is 19.0 Å². The fourth-order valence-electron chi connectivity index (χ4n) is 5.71. The van der Waals surface area contributed by atoms with Crippen LogP contribution >= 0.6 is 0 Å². The molecule has 0 amide bonds. The molecule has 0 saturated heterocycles. The third-order valence-electron chi connectivity index (χ3n) is 7.99. The van der Waals surface area contributed by atoms with Gasteiger partial charge in [-0.3, -0.25) is 0 Å². The summed E-state index contributed by atoms with van der Waals surface area (Å²) in [4.78, 5) is 12.3. The average Bonchev–Trinajstić information content (AvgIpc) is 3.03. The summed E-state index contributed by atoms with van der Waals surface area (Å²) in [6, 6.07) is 32.1. The second-order valence-corrected chi connectivity index (χ2v) is 13.7. The van der Waals surface area contributed by atoms with Crippen molar-refractivity contribution in [3.8, 4) is 28.0 Å². The van der Waals surface area contributed by atoms with Crippen LogP contribution in [0.15, 0.2) is 97.1 Å². The number of carbonyl (C=O) groups is 1. The number of benzene rings is 4. The molecule has 46 heavy (non-hydrogen) atoms. The summed E-state index contributed by atoms with van der Waals surface area (Å²) in [6.45, 7) is 18.5. The molecule has 4 rings (SSSR count). The molecule has 4 aromatic rings. The quantitative estimate of drug-likeness (QED) is 0.148. The summed E-state index contributed by atoms with van der Waals surface area (Å²) >= 11 is 0. The molecule has 4 aromatic carbocycles. The normalized spacial score (nSPS) is 12.7. The Labute approximate surface area is 276 Å². The molecule has 242 valence electrons. The lowest BCUT2D eigenvalue weighted by Gasteiger charge is -2.27. The van der Waals surface area contributed by atoms with Gasteiger partial charge in [-0.15, -0.1) is 0 Å². The van der Waals surface area contributed by atoms with Crippen LogP contribution in [-0.2, 0) is 31.5 Å². The van der Waals surface area contributed by atoms with E-state index in [0.717, 1.165) is 11.3 Å². The van der Waals surface area contributed by atoms with Crippen LogP contribution in [0.3, 0.4) is 0 Å². The maximum Gasteiger partial charge on any atom is 0.335 e. The van der Waals surface area contributed by atoms with E-state index in [1.54, 1.807) is 6.92 Å². The summed E-state index contributed by atoms with van der Waals surface area (Å²) in [5, 5.41) is 0. The van der Waals surface area contributed by atoms with Crippen molar-refractivity contribution in [2.75, 3.05) is 19.8 Å². The highest BCUT2D eigenvalue weighted by molar-refractivity contribution is 5.81. The van der Waals surface area contributed by atoms with Gasteiger partial charge in [-0.2, -0.15) is 0 Å². The number of carbonyl (C=O) groups excluding carboxylic acids is 1. The fourth-order valence-corrected chi connectivity index (χ4v) is 5.71. The molecule has 0 aliphatic rings. The Morgan fingerprint density at radius 3 is 2.00 bits per heavy atom. The number of hydrogen-bond donors (Lipinski definition) is 0. The molecule has 4 heteroatoms. The topological polar surface area (TPSA) is 44.8 Å². The minimum atomic E-state index is -0.607. The molecule has 0 aromatic heterocycles. The van der Waals surface area contributed by atoms with Crippen LogP contribution in [0, 0.1) is 0 Å². The van der Waals surface area contributed by atoms with Gasteiger partial charge in [-0.1, -0.05) is 114 Å². The highest BCUT2D eigenvalue weighted by atomic mass is 16.6. The van der Waals surface area contributed by atoms with Crippen LogP contribution < -0.4 is 4.74 Å². The van der Waals surface area contributed by atoms with Gasteiger partial charge in [0.15, 0.2) is 6.10 Å². The summed E-state index contributed by atoms with van der Waals surface area (Å²) in [5.74, 6) is 0.442. The smallest absolute Gasteiger partial charge is 0.335 e. The summed E-state index contributed by atoms with van der Waals surface area (Å²) in [7, 11) is 0. The number of ether oxygens (including phenoxy) is 3. The molecule has 0 radical (unpaired) electrons. The maximum absolute atomic E-state index is 12.3. The Bertz CT molecular complexity index is 1590. The Morgan fingerprint density at radius 1 is 0.739 bits per heavy atom. The molecular weight excluding hydrogens is 568 g/mol. The third kappa shape index (κ3) is 9.20. The van der Waals surface area contributed by atoms with Crippen molar-refractivity contribution in [3.05, 3.63) is 119 Å². The lowest BCUT2D eigenvalue weighted by Crippen LogP contribution is -2.28. The fraction of sp³-hybridized carbons (Fsp3) is 0.357. The minimum absolute atomic E-state index is 0.0843. The molecule has 0 heterocycles. The largest absolute Gasteiger partial charge is 0.490 e. The molecule has 0 spiro atoms. The van der Waals surface area contributed by atoms with E-state index >= 15 is 0 Å². The number of esters is 1. The molecule has 1 atom stereocenters. The van der Waals surface area contributed by atoms with E-state index in [0.29, 0.717) is 26.2 Å². The Balaban J connectivity index is 1.60. The summed E-state index contributed by atoms with van der Waals surface area (Å²) in [6.07, 6.45) is 4.14. The second kappa shape index (κ2) is 15.4. The van der Waals surface area contributed by atoms with Gasteiger partial charge in [-0.25, -0.2) is 4.79 Å². The average molecular weight is 619 g/mol. The first kappa shape index (κ1) is 34.7. The van der Waals surface area contributed by atoms with Crippen molar-refractivity contribution in [1.82, 2.24) is 0 Å². The molecule has 0 aliphatic heterocycles. The van der Waals surface area contributed by atoms with Crippen LogP contribution in [0.25, 0.3) is 28.3 Å². The summed E-state index contributed by atoms with van der Waals surface area (Å²) in [5.41, 5.74) is 9.67. The van der Waals surface area contributed by atoms with Gasteiger partial charge in [-0.05, 0) is 99.5 Å². The third-order valence-corrected chi connectivity index (χ3v) is 7.99. The Kier molecular flexibility index (Phi) is 11.6. The monoisotopic (exact) mass is 618 g/mol. The first-order chi connectivity index (χ1) is 21.9. The van der Waals surface area contributed by atoms with Crippen molar-refractivity contribution >= 4 is 12.0 Å². The predicted molar refractivity (Wildman–Crippen MR) is 191 cm³/mol. The van der Waals surface area contributed by atoms with Gasteiger partial charge in [0, 0.05) is 13.0 Å². The van der Waals surface area contributed by atoms with Crippen molar-refractivity contribution in [2.24, 2.45) is 0 Å². The minimum Gasteiger partial charge on any atom is -0.490 e. The van der Waals surface area contributed by atoms with Crippen LogP contribution in [0.5, 0.6) is 5.75 Å². The van der Waals surface area contributed by atoms with Crippen LogP contribution in [0.2, 0.25) is 0 Å². The van der Waals surface area contributed by atoms with E-state index < -0.39 is 6.10 Å². The molecule has 0 N–H and O–H groups in total. The molecule has 0 unspecified atom stereocenters. The van der Waals surface area contributed by atoms with E-state index in [1.807, 2.05) is 31.2 Å². The van der Waals surface area contributed by atoms with Gasteiger partial charge < -0.3 is 14.2 Å². The van der Waals surface area contributed by atoms with Gasteiger partial charge in [0.05, 0.1) is 6.61 Å². The highest BCUT2D eigenvalue weighted by Gasteiger charge is 2.24. The van der Waals surface area contributed by atoms with Gasteiger partial charge in [0.25, 0.3) is 0 Å². The zero-order valence-corrected chi connectivity index (χ0v) is 28.9. The van der Waals surface area contributed by atoms with Crippen LogP contribution in [0.1, 0.15) is 77.6 Å². The first-order valence-corrected chi connectivity index (χ1v) is 16.4. The van der Waals surface area contributed by atoms with Gasteiger partial charge in [0.1, 0.15) is 12.4 Å². The maximum atomic E-state index is 12.3. The van der Waals surface area contributed by atoms with E-state index in [2.05, 4.69) is 120 Å². The lowest BCUT2D eigenvalue weighted by molar-refractivity contribution is -0.156.